The number of unbranched alkanes of at least 4 members (excludes halogenated alkanes) is 1. The molecule has 1 aliphatic carbocycles. The van der Waals surface area contributed by atoms with Crippen molar-refractivity contribution in [1.82, 2.24) is 0 Å². The molecule has 3 nitrogen and oxygen atoms in total. The van der Waals surface area contributed by atoms with Crippen molar-refractivity contribution in [1.29, 1.82) is 0 Å². The molecule has 0 amide bonds. The second kappa shape index (κ2) is 11.5. The summed E-state index contributed by atoms with van der Waals surface area (Å²) in [6.45, 7) is 2.59. The third-order valence-electron chi connectivity index (χ3n) is 5.96. The Hall–Kier alpha value is -1.81. The summed E-state index contributed by atoms with van der Waals surface area (Å²) in [5, 5.41) is 21.1. The SMILES string of the molecule is CCC/C=C\C[C@@H]1[C@@H](COc2cccc(C(O)Cc3ccccc3)c2)[C@H](O)C[C@H]1Cl. The first-order valence-corrected chi connectivity index (χ1v) is 11.4. The highest BCUT2D eigenvalue weighted by molar-refractivity contribution is 6.21. The smallest absolute Gasteiger partial charge is 0.119 e. The number of rotatable bonds is 10. The fraction of sp³-hybridized carbons (Fsp3) is 0.462. The molecule has 0 spiro atoms. The number of alkyl halides is 1. The van der Waals surface area contributed by atoms with Gasteiger partial charge in [0.2, 0.25) is 0 Å². The number of aliphatic hydroxyl groups is 2. The summed E-state index contributed by atoms with van der Waals surface area (Å²) in [7, 11) is 0. The lowest BCUT2D eigenvalue weighted by molar-refractivity contribution is 0.0806. The van der Waals surface area contributed by atoms with E-state index in [9.17, 15) is 10.2 Å². The second-order valence-corrected chi connectivity index (χ2v) is 8.79. The molecule has 5 atom stereocenters. The first-order valence-electron chi connectivity index (χ1n) is 11.0. The van der Waals surface area contributed by atoms with Crippen LogP contribution in [0.15, 0.2) is 66.7 Å². The highest BCUT2D eigenvalue weighted by Crippen LogP contribution is 2.39. The monoisotopic (exact) mass is 428 g/mol. The molecule has 1 aliphatic rings. The number of benzene rings is 2. The zero-order valence-corrected chi connectivity index (χ0v) is 18.4. The van der Waals surface area contributed by atoms with Crippen LogP contribution in [0.25, 0.3) is 0 Å². The molecule has 1 saturated carbocycles. The first kappa shape index (κ1) is 22.9. The number of aliphatic hydroxyl groups excluding tert-OH is 2. The molecule has 0 saturated heterocycles. The van der Waals surface area contributed by atoms with Crippen molar-refractivity contribution in [2.45, 2.75) is 56.6 Å². The largest absolute Gasteiger partial charge is 0.493 e. The fourth-order valence-corrected chi connectivity index (χ4v) is 4.66. The lowest BCUT2D eigenvalue weighted by Gasteiger charge is -2.23. The van der Waals surface area contributed by atoms with E-state index in [1.807, 2.05) is 54.6 Å². The van der Waals surface area contributed by atoms with Gasteiger partial charge >= 0.3 is 0 Å². The van der Waals surface area contributed by atoms with Gasteiger partial charge in [0.1, 0.15) is 5.75 Å². The summed E-state index contributed by atoms with van der Waals surface area (Å²) in [6, 6.07) is 17.6. The molecule has 0 heterocycles. The van der Waals surface area contributed by atoms with E-state index in [-0.39, 0.29) is 17.2 Å². The summed E-state index contributed by atoms with van der Waals surface area (Å²) in [5.41, 5.74) is 1.93. The Labute approximate surface area is 185 Å². The minimum absolute atomic E-state index is 0.0108. The first-order chi connectivity index (χ1) is 14.6. The van der Waals surface area contributed by atoms with Crippen LogP contribution in [-0.4, -0.2) is 28.3 Å². The van der Waals surface area contributed by atoms with E-state index in [1.165, 1.54) is 0 Å². The van der Waals surface area contributed by atoms with E-state index in [1.54, 1.807) is 0 Å². The molecule has 3 rings (SSSR count). The minimum atomic E-state index is -0.586. The van der Waals surface area contributed by atoms with Crippen molar-refractivity contribution in [3.05, 3.63) is 77.9 Å². The Morgan fingerprint density at radius 2 is 1.90 bits per heavy atom. The second-order valence-electron chi connectivity index (χ2n) is 8.23. The quantitative estimate of drug-likeness (QED) is 0.377. The van der Waals surface area contributed by atoms with Crippen molar-refractivity contribution in [3.8, 4) is 5.75 Å². The molecular formula is C26H33ClO3. The minimum Gasteiger partial charge on any atom is -0.493 e. The normalized spacial score (nSPS) is 24.9. The van der Waals surface area contributed by atoms with Crippen LogP contribution in [0.2, 0.25) is 0 Å². The van der Waals surface area contributed by atoms with Gasteiger partial charge < -0.3 is 14.9 Å². The van der Waals surface area contributed by atoms with Crippen molar-refractivity contribution in [2.75, 3.05) is 6.61 Å². The van der Waals surface area contributed by atoms with Crippen LogP contribution in [0.4, 0.5) is 0 Å². The van der Waals surface area contributed by atoms with Gasteiger partial charge in [-0.1, -0.05) is 68.0 Å². The van der Waals surface area contributed by atoms with Gasteiger partial charge in [0.25, 0.3) is 0 Å². The average Bonchev–Trinajstić information content (AvgIpc) is 3.03. The van der Waals surface area contributed by atoms with Crippen molar-refractivity contribution in [2.24, 2.45) is 11.8 Å². The molecule has 30 heavy (non-hydrogen) atoms. The Balaban J connectivity index is 1.59. The van der Waals surface area contributed by atoms with E-state index in [2.05, 4.69) is 19.1 Å². The van der Waals surface area contributed by atoms with Crippen molar-refractivity contribution < 1.29 is 14.9 Å². The van der Waals surface area contributed by atoms with Gasteiger partial charge in [0.05, 0.1) is 18.8 Å². The molecule has 2 aromatic rings. The van der Waals surface area contributed by atoms with Crippen LogP contribution in [0.5, 0.6) is 5.75 Å². The van der Waals surface area contributed by atoms with Crippen LogP contribution < -0.4 is 4.74 Å². The Morgan fingerprint density at radius 1 is 1.10 bits per heavy atom. The summed E-state index contributed by atoms with van der Waals surface area (Å²) in [4.78, 5) is 0. The number of hydrogen-bond acceptors (Lipinski definition) is 3. The molecule has 2 aromatic carbocycles. The van der Waals surface area contributed by atoms with Gasteiger partial charge in [-0.15, -0.1) is 11.6 Å². The Bertz CT molecular complexity index is 792. The lowest BCUT2D eigenvalue weighted by atomic mass is 9.92. The van der Waals surface area contributed by atoms with E-state index in [0.717, 1.165) is 30.4 Å². The summed E-state index contributed by atoms with van der Waals surface area (Å²) >= 11 is 6.52. The molecule has 0 aliphatic heterocycles. The fourth-order valence-electron chi connectivity index (χ4n) is 4.19. The number of allylic oxidation sites excluding steroid dienone is 2. The van der Waals surface area contributed by atoms with Crippen molar-refractivity contribution in [3.63, 3.8) is 0 Å². The van der Waals surface area contributed by atoms with E-state index < -0.39 is 12.2 Å². The third-order valence-corrected chi connectivity index (χ3v) is 6.46. The summed E-state index contributed by atoms with van der Waals surface area (Å²) in [6.07, 6.45) is 7.60. The van der Waals surface area contributed by atoms with Gasteiger partial charge in [-0.25, -0.2) is 0 Å². The van der Waals surface area contributed by atoms with Gasteiger partial charge in [-0.2, -0.15) is 0 Å². The van der Waals surface area contributed by atoms with Crippen LogP contribution in [0.3, 0.4) is 0 Å². The van der Waals surface area contributed by atoms with Gasteiger partial charge in [-0.3, -0.25) is 0 Å². The zero-order valence-electron chi connectivity index (χ0n) is 17.7. The van der Waals surface area contributed by atoms with Gasteiger partial charge in [0.15, 0.2) is 0 Å². The Kier molecular flexibility index (Phi) is 8.80. The van der Waals surface area contributed by atoms with Gasteiger partial charge in [-0.05, 0) is 48.4 Å². The van der Waals surface area contributed by atoms with Gasteiger partial charge in [0, 0.05) is 17.7 Å². The molecule has 2 N–H and O–H groups in total. The maximum Gasteiger partial charge on any atom is 0.119 e. The molecular weight excluding hydrogens is 396 g/mol. The highest BCUT2D eigenvalue weighted by Gasteiger charge is 2.41. The zero-order chi connectivity index (χ0) is 21.3. The molecule has 1 unspecified atom stereocenters. The predicted molar refractivity (Wildman–Crippen MR) is 123 cm³/mol. The third kappa shape index (κ3) is 6.34. The maximum absolute atomic E-state index is 10.6. The topological polar surface area (TPSA) is 49.7 Å². The van der Waals surface area contributed by atoms with Crippen LogP contribution >= 0.6 is 11.6 Å². The van der Waals surface area contributed by atoms with E-state index in [0.29, 0.717) is 25.2 Å². The predicted octanol–water partition coefficient (Wildman–Crippen LogP) is 5.69. The molecule has 0 bridgehead atoms. The summed E-state index contributed by atoms with van der Waals surface area (Å²) in [5.74, 6) is 0.934. The highest BCUT2D eigenvalue weighted by atomic mass is 35.5. The molecule has 162 valence electrons. The molecule has 4 heteroatoms. The number of ether oxygens (including phenoxy) is 1. The standard InChI is InChI=1S/C26H33ClO3/c1-2-3-4-8-14-22-23(26(29)17-24(22)27)18-30-21-13-9-12-20(16-21)25(28)15-19-10-6-5-7-11-19/h4-13,16,22-26,28-29H,2-3,14-15,17-18H2,1H3/b8-4-/t22-,23-,24-,25?,26-/m1/s1. The van der Waals surface area contributed by atoms with Crippen LogP contribution in [-0.2, 0) is 6.42 Å². The summed E-state index contributed by atoms with van der Waals surface area (Å²) < 4.78 is 6.05. The molecule has 0 aromatic heterocycles. The van der Waals surface area contributed by atoms with E-state index >= 15 is 0 Å². The maximum atomic E-state index is 10.6. The number of halogens is 1. The van der Waals surface area contributed by atoms with Crippen LogP contribution in [0, 0.1) is 11.8 Å². The van der Waals surface area contributed by atoms with Crippen molar-refractivity contribution >= 4 is 11.6 Å². The Morgan fingerprint density at radius 3 is 2.67 bits per heavy atom. The van der Waals surface area contributed by atoms with E-state index in [4.69, 9.17) is 16.3 Å². The van der Waals surface area contributed by atoms with Crippen LogP contribution in [0.1, 0.15) is 49.8 Å². The lowest BCUT2D eigenvalue weighted by Crippen LogP contribution is -2.27. The molecule has 1 fully saturated rings. The number of hydrogen-bond donors (Lipinski definition) is 2. The molecule has 0 radical (unpaired) electrons. The average molecular weight is 429 g/mol.